The molecule has 0 aliphatic carbocycles. The third-order valence-corrected chi connectivity index (χ3v) is 0.997. The molecule has 0 saturated heterocycles. The molecule has 66 valence electrons. The Morgan fingerprint density at radius 3 is 2.18 bits per heavy atom. The lowest BCUT2D eigenvalue weighted by Crippen LogP contribution is -2.18. The van der Waals surface area contributed by atoms with E-state index >= 15 is 0 Å². The average Bonchev–Trinajstić information content (AvgIpc) is 2.04. The van der Waals surface area contributed by atoms with Crippen molar-refractivity contribution in [2.75, 3.05) is 13.6 Å². The summed E-state index contributed by atoms with van der Waals surface area (Å²) in [7, 11) is 1.65. The third kappa shape index (κ3) is 12.4. The summed E-state index contributed by atoms with van der Waals surface area (Å²) in [6.07, 6.45) is 1.16. The van der Waals surface area contributed by atoms with Gasteiger partial charge in [-0.25, -0.2) is 0 Å². The lowest BCUT2D eigenvalue weighted by atomic mass is 10.3. The van der Waals surface area contributed by atoms with Crippen molar-refractivity contribution in [2.24, 2.45) is 0 Å². The molecule has 0 radical (unpaired) electrons. The van der Waals surface area contributed by atoms with Gasteiger partial charge in [-0.2, -0.15) is 0 Å². The van der Waals surface area contributed by atoms with E-state index in [1.165, 1.54) is 11.8 Å². The number of rotatable bonds is 4. The molecule has 0 bridgehead atoms. The zero-order chi connectivity index (χ0) is 9.28. The van der Waals surface area contributed by atoms with Crippen molar-refractivity contribution in [1.29, 1.82) is 0 Å². The number of hydrogen-bond donors (Lipinski definition) is 0. The lowest BCUT2D eigenvalue weighted by molar-refractivity contribution is -0.119. The summed E-state index contributed by atoms with van der Waals surface area (Å²) in [6, 6.07) is 0. The number of carbonyl (C=O) groups is 2. The maximum Gasteiger partial charge on any atom is 0.209 e. The van der Waals surface area contributed by atoms with Crippen LogP contribution in [-0.4, -0.2) is 30.7 Å². The normalized spacial score (nSPS) is 7.64. The number of carbonyl (C=O) groups excluding carboxylic acids is 2. The van der Waals surface area contributed by atoms with E-state index in [2.05, 4.69) is 0 Å². The van der Waals surface area contributed by atoms with Gasteiger partial charge < -0.3 is 4.90 Å². The van der Waals surface area contributed by atoms with E-state index in [4.69, 9.17) is 0 Å². The van der Waals surface area contributed by atoms with Gasteiger partial charge in [0, 0.05) is 20.0 Å². The largest absolute Gasteiger partial charge is 0.348 e. The Kier molecular flexibility index (Phi) is 10.6. The summed E-state index contributed by atoms with van der Waals surface area (Å²) in [5.41, 5.74) is 0. The summed E-state index contributed by atoms with van der Waals surface area (Å²) in [6.45, 7) is 6.04. The van der Waals surface area contributed by atoms with Gasteiger partial charge in [-0.05, 0) is 6.92 Å². The smallest absolute Gasteiger partial charge is 0.209 e. The Hall–Kier alpha value is -0.860. The van der Waals surface area contributed by atoms with E-state index in [0.29, 0.717) is 19.4 Å². The molecule has 3 nitrogen and oxygen atoms in total. The van der Waals surface area contributed by atoms with Crippen molar-refractivity contribution in [2.45, 2.75) is 27.2 Å². The molecule has 0 rings (SSSR count). The fraction of sp³-hybridized carbons (Fsp3) is 0.750. The molecular formula is C8H17NO2. The van der Waals surface area contributed by atoms with Crippen LogP contribution in [0.4, 0.5) is 0 Å². The van der Waals surface area contributed by atoms with Crippen LogP contribution in [0.5, 0.6) is 0 Å². The van der Waals surface area contributed by atoms with Gasteiger partial charge in [0.25, 0.3) is 0 Å². The second-order valence-electron chi connectivity index (χ2n) is 2.04. The van der Waals surface area contributed by atoms with Crippen molar-refractivity contribution in [3.8, 4) is 0 Å². The van der Waals surface area contributed by atoms with Gasteiger partial charge >= 0.3 is 0 Å². The first-order valence-corrected chi connectivity index (χ1v) is 3.82. The quantitative estimate of drug-likeness (QED) is 0.575. The summed E-state index contributed by atoms with van der Waals surface area (Å²) in [4.78, 5) is 21.7. The summed E-state index contributed by atoms with van der Waals surface area (Å²) in [5.74, 6) is 0.115. The summed E-state index contributed by atoms with van der Waals surface area (Å²) >= 11 is 0. The molecule has 0 aromatic rings. The van der Waals surface area contributed by atoms with Crippen LogP contribution in [0, 0.1) is 0 Å². The van der Waals surface area contributed by atoms with Crippen LogP contribution in [0.15, 0.2) is 0 Å². The van der Waals surface area contributed by atoms with Gasteiger partial charge in [0.15, 0.2) is 0 Å². The second kappa shape index (κ2) is 9.14. The highest BCUT2D eigenvalue weighted by Crippen LogP contribution is 1.83. The first-order chi connectivity index (χ1) is 5.16. The van der Waals surface area contributed by atoms with Crippen LogP contribution in [0.1, 0.15) is 27.2 Å². The van der Waals surface area contributed by atoms with E-state index in [0.717, 1.165) is 0 Å². The SMILES string of the molecule is CC.CC(=O)CCN(C)C=O. The molecule has 0 fully saturated rings. The van der Waals surface area contributed by atoms with Crippen molar-refractivity contribution < 1.29 is 9.59 Å². The molecule has 0 aromatic heterocycles. The van der Waals surface area contributed by atoms with Crippen molar-refractivity contribution >= 4 is 12.2 Å². The van der Waals surface area contributed by atoms with Crippen LogP contribution >= 0.6 is 0 Å². The monoisotopic (exact) mass is 159 g/mol. The Labute approximate surface area is 68.4 Å². The highest BCUT2D eigenvalue weighted by Gasteiger charge is 1.95. The predicted octanol–water partition coefficient (Wildman–Crippen LogP) is 1.08. The molecule has 0 aliphatic heterocycles. The highest BCUT2D eigenvalue weighted by molar-refractivity contribution is 5.75. The molecule has 11 heavy (non-hydrogen) atoms. The lowest BCUT2D eigenvalue weighted by Gasteiger charge is -2.06. The van der Waals surface area contributed by atoms with Gasteiger partial charge in [-0.15, -0.1) is 0 Å². The van der Waals surface area contributed by atoms with Gasteiger partial charge in [-0.1, -0.05) is 13.8 Å². The fourth-order valence-electron chi connectivity index (χ4n) is 0.387. The molecule has 0 spiro atoms. The van der Waals surface area contributed by atoms with Crippen LogP contribution in [0.3, 0.4) is 0 Å². The minimum atomic E-state index is 0.115. The molecular weight excluding hydrogens is 142 g/mol. The Bertz CT molecular complexity index is 113. The van der Waals surface area contributed by atoms with Gasteiger partial charge in [0.05, 0.1) is 0 Å². The maximum absolute atomic E-state index is 10.3. The summed E-state index contributed by atoms with van der Waals surface area (Å²) < 4.78 is 0. The van der Waals surface area contributed by atoms with Crippen LogP contribution in [0.2, 0.25) is 0 Å². The average molecular weight is 159 g/mol. The minimum absolute atomic E-state index is 0.115. The molecule has 0 aromatic carbocycles. The van der Waals surface area contributed by atoms with Crippen molar-refractivity contribution in [3.63, 3.8) is 0 Å². The third-order valence-electron chi connectivity index (χ3n) is 0.997. The predicted molar refractivity (Wildman–Crippen MR) is 45.3 cm³/mol. The van der Waals surface area contributed by atoms with E-state index in [-0.39, 0.29) is 5.78 Å². The van der Waals surface area contributed by atoms with Gasteiger partial charge in [0.2, 0.25) is 6.41 Å². The molecule has 0 unspecified atom stereocenters. The number of ketones is 1. The number of amides is 1. The highest BCUT2D eigenvalue weighted by atomic mass is 16.1. The molecule has 0 saturated carbocycles. The zero-order valence-electron chi connectivity index (χ0n) is 7.76. The van der Waals surface area contributed by atoms with Crippen molar-refractivity contribution in [3.05, 3.63) is 0 Å². The van der Waals surface area contributed by atoms with Crippen LogP contribution in [0.25, 0.3) is 0 Å². The molecule has 0 atom stereocenters. The Balaban J connectivity index is 0. The van der Waals surface area contributed by atoms with Crippen LogP contribution < -0.4 is 0 Å². The topological polar surface area (TPSA) is 37.4 Å². The first-order valence-electron chi connectivity index (χ1n) is 3.82. The number of hydrogen-bond acceptors (Lipinski definition) is 2. The molecule has 3 heteroatoms. The first kappa shape index (κ1) is 12.8. The Morgan fingerprint density at radius 2 is 1.91 bits per heavy atom. The fourth-order valence-corrected chi connectivity index (χ4v) is 0.387. The van der Waals surface area contributed by atoms with E-state index in [1.54, 1.807) is 7.05 Å². The number of nitrogens with zero attached hydrogens (tertiary/aromatic N) is 1. The van der Waals surface area contributed by atoms with Gasteiger partial charge in [-0.3, -0.25) is 9.59 Å². The summed E-state index contributed by atoms with van der Waals surface area (Å²) in [5, 5.41) is 0. The number of Topliss-reactive ketones (excluding diaryl/α,β-unsaturated/α-hetero) is 1. The van der Waals surface area contributed by atoms with Crippen molar-refractivity contribution in [1.82, 2.24) is 4.90 Å². The van der Waals surface area contributed by atoms with E-state index < -0.39 is 0 Å². The van der Waals surface area contributed by atoms with Gasteiger partial charge in [0.1, 0.15) is 5.78 Å². The second-order valence-corrected chi connectivity index (χ2v) is 2.04. The molecule has 0 aliphatic rings. The standard InChI is InChI=1S/C6H11NO2.C2H6/c1-6(9)3-4-7(2)5-8;1-2/h5H,3-4H2,1-2H3;1-2H3. The molecule has 1 amide bonds. The van der Waals surface area contributed by atoms with Crippen LogP contribution in [-0.2, 0) is 9.59 Å². The zero-order valence-corrected chi connectivity index (χ0v) is 7.76. The van der Waals surface area contributed by atoms with E-state index in [1.807, 2.05) is 13.8 Å². The minimum Gasteiger partial charge on any atom is -0.348 e. The molecule has 0 heterocycles. The Morgan fingerprint density at radius 1 is 1.45 bits per heavy atom. The van der Waals surface area contributed by atoms with E-state index in [9.17, 15) is 9.59 Å². The molecule has 0 N–H and O–H groups in total. The maximum atomic E-state index is 10.3.